The van der Waals surface area contributed by atoms with Crippen LogP contribution in [0.2, 0.25) is 5.02 Å². The van der Waals surface area contributed by atoms with E-state index in [0.717, 1.165) is 24.3 Å². The average molecular weight is 508 g/mol. The third-order valence-electron chi connectivity index (χ3n) is 5.12. The maximum atomic E-state index is 14.4. The molecule has 1 aromatic heterocycles. The smallest absolute Gasteiger partial charge is 0.273 e. The van der Waals surface area contributed by atoms with E-state index in [0.29, 0.717) is 4.57 Å². The highest BCUT2D eigenvalue weighted by atomic mass is 35.5. The van der Waals surface area contributed by atoms with Crippen LogP contribution >= 0.6 is 11.6 Å². The summed E-state index contributed by atoms with van der Waals surface area (Å²) in [6, 6.07) is 8.81. The summed E-state index contributed by atoms with van der Waals surface area (Å²) in [6.07, 6.45) is -12.3. The molecule has 0 aliphatic carbocycles. The Morgan fingerprint density at radius 1 is 0.912 bits per heavy atom. The predicted molar refractivity (Wildman–Crippen MR) is 107 cm³/mol. The van der Waals surface area contributed by atoms with Gasteiger partial charge in [-0.05, 0) is 36.4 Å². The molecule has 1 aliphatic rings. The van der Waals surface area contributed by atoms with Gasteiger partial charge in [-0.25, -0.2) is 24.1 Å². The van der Waals surface area contributed by atoms with Gasteiger partial charge in [-0.2, -0.15) is 26.3 Å². The van der Waals surface area contributed by atoms with E-state index in [1.165, 1.54) is 34.2 Å². The third kappa shape index (κ3) is 3.47. The summed E-state index contributed by atoms with van der Waals surface area (Å²) >= 11 is 5.78. The number of fused-ring (bicyclic) bond motifs is 1. The summed E-state index contributed by atoms with van der Waals surface area (Å²) < 4.78 is 100. The molecule has 0 spiro atoms. The first-order chi connectivity index (χ1) is 15.8. The average Bonchev–Trinajstić information content (AvgIpc) is 2.73. The summed E-state index contributed by atoms with van der Waals surface area (Å²) in [4.78, 5) is 27.8. The number of hydrogen-bond acceptors (Lipinski definition) is 3. The molecule has 6 nitrogen and oxygen atoms in total. The SMILES string of the molecule is O=c1[nH]c(=O)n(-c2ccc(Cl)cc2)c2c1C(C(F)(F)F)(C(F)(F)F)[NH+]=C(c1ccccc1F)N2. The standard InChI is InChI=1S/C20H10ClF7N4O2/c21-9-5-7-10(8-6-9)32-15-13(16(33)30-17(32)34)18(19(23,24)25,20(26,27)28)31-14(29-15)11-3-1-2-4-12(11)22/h1-8H,(H,29,31)(H,30,33,34)/p+1. The van der Waals surface area contributed by atoms with Gasteiger partial charge in [0.05, 0.1) is 11.3 Å². The lowest BCUT2D eigenvalue weighted by Gasteiger charge is -2.35. The quantitative estimate of drug-likeness (QED) is 0.467. The topological polar surface area (TPSA) is 80.9 Å². The molecule has 0 unspecified atom stereocenters. The van der Waals surface area contributed by atoms with Crippen molar-refractivity contribution >= 4 is 23.3 Å². The van der Waals surface area contributed by atoms with E-state index in [1.54, 1.807) is 0 Å². The number of rotatable bonds is 2. The fourth-order valence-electron chi connectivity index (χ4n) is 3.62. The second kappa shape index (κ2) is 7.72. The molecular formula is C20H11ClF7N4O2+. The summed E-state index contributed by atoms with van der Waals surface area (Å²) in [5.41, 5.74) is -11.1. The van der Waals surface area contributed by atoms with Crippen LogP contribution in [0.1, 0.15) is 11.1 Å². The van der Waals surface area contributed by atoms with Crippen molar-refractivity contribution in [3.63, 3.8) is 0 Å². The van der Waals surface area contributed by atoms with Crippen LogP contribution in [-0.4, -0.2) is 27.7 Å². The molecule has 0 bridgehead atoms. The zero-order valence-corrected chi connectivity index (χ0v) is 17.2. The van der Waals surface area contributed by atoms with Crippen molar-refractivity contribution < 1.29 is 35.7 Å². The van der Waals surface area contributed by atoms with Gasteiger partial charge >= 0.3 is 23.6 Å². The van der Waals surface area contributed by atoms with Gasteiger partial charge in [0.25, 0.3) is 11.4 Å². The Morgan fingerprint density at radius 2 is 1.50 bits per heavy atom. The number of benzene rings is 2. The van der Waals surface area contributed by atoms with E-state index in [4.69, 9.17) is 11.6 Å². The minimum atomic E-state index is -6.16. The minimum absolute atomic E-state index is 0.156. The molecule has 2 aromatic carbocycles. The normalized spacial score (nSPS) is 15.4. The van der Waals surface area contributed by atoms with Gasteiger partial charge in [0, 0.05) is 5.02 Å². The first kappa shape index (κ1) is 23.5. The molecule has 14 heteroatoms. The largest absolute Gasteiger partial charge is 0.446 e. The fourth-order valence-corrected chi connectivity index (χ4v) is 3.75. The highest BCUT2D eigenvalue weighted by Gasteiger charge is 2.78. The Morgan fingerprint density at radius 3 is 2.06 bits per heavy atom. The second-order valence-corrected chi connectivity index (χ2v) is 7.58. The van der Waals surface area contributed by atoms with Crippen LogP contribution < -0.4 is 21.6 Å². The zero-order chi connectivity index (χ0) is 25.1. The van der Waals surface area contributed by atoms with Crippen molar-refractivity contribution in [3.8, 4) is 5.69 Å². The van der Waals surface area contributed by atoms with Gasteiger partial charge in [0.15, 0.2) is 0 Å². The summed E-state index contributed by atoms with van der Waals surface area (Å²) in [5, 5.41) is 2.35. The van der Waals surface area contributed by atoms with Gasteiger partial charge < -0.3 is 0 Å². The molecule has 0 atom stereocenters. The number of hydrogen-bond donors (Lipinski definition) is 3. The van der Waals surface area contributed by atoms with Crippen molar-refractivity contribution in [2.45, 2.75) is 17.9 Å². The number of aromatic amines is 1. The molecule has 178 valence electrons. The zero-order valence-electron chi connectivity index (χ0n) is 16.4. The van der Waals surface area contributed by atoms with E-state index in [2.05, 4.69) is 5.32 Å². The molecule has 3 N–H and O–H groups in total. The number of H-pyrrole nitrogens is 1. The lowest BCUT2D eigenvalue weighted by molar-refractivity contribution is -0.658. The van der Waals surface area contributed by atoms with Gasteiger partial charge in [-0.15, -0.1) is 0 Å². The molecule has 0 radical (unpaired) electrons. The van der Waals surface area contributed by atoms with E-state index < -0.39 is 57.7 Å². The highest BCUT2D eigenvalue weighted by molar-refractivity contribution is 6.30. The van der Waals surface area contributed by atoms with Gasteiger partial charge in [0.1, 0.15) is 11.4 Å². The Labute approximate surface area is 189 Å². The van der Waals surface area contributed by atoms with E-state index >= 15 is 0 Å². The summed E-state index contributed by atoms with van der Waals surface area (Å²) in [5.74, 6) is -3.37. The van der Waals surface area contributed by atoms with Crippen LogP contribution in [0.25, 0.3) is 5.69 Å². The van der Waals surface area contributed by atoms with Gasteiger partial charge in [-0.3, -0.25) is 9.78 Å². The van der Waals surface area contributed by atoms with Crippen LogP contribution in [-0.2, 0) is 5.54 Å². The number of aromatic nitrogens is 2. The van der Waals surface area contributed by atoms with Crippen LogP contribution in [0.3, 0.4) is 0 Å². The number of halogens is 8. The van der Waals surface area contributed by atoms with E-state index in [1.807, 2.05) is 0 Å². The monoisotopic (exact) mass is 507 g/mol. The van der Waals surface area contributed by atoms with Crippen molar-refractivity contribution in [1.29, 1.82) is 0 Å². The van der Waals surface area contributed by atoms with Gasteiger partial charge in [-0.1, -0.05) is 23.7 Å². The van der Waals surface area contributed by atoms with Crippen LogP contribution in [0.5, 0.6) is 0 Å². The number of anilines is 1. The van der Waals surface area contributed by atoms with Crippen LogP contribution in [0, 0.1) is 5.82 Å². The molecule has 0 fully saturated rings. The fraction of sp³-hybridized carbons (Fsp3) is 0.150. The second-order valence-electron chi connectivity index (χ2n) is 7.15. The first-order valence-electron chi connectivity index (χ1n) is 9.24. The molecule has 2 heterocycles. The number of amidine groups is 1. The summed E-state index contributed by atoms with van der Waals surface area (Å²) in [6.45, 7) is 0. The maximum Gasteiger partial charge on any atom is 0.446 e. The highest BCUT2D eigenvalue weighted by Crippen LogP contribution is 2.48. The first-order valence-corrected chi connectivity index (χ1v) is 9.62. The molecule has 4 rings (SSSR count). The van der Waals surface area contributed by atoms with Crippen molar-refractivity contribution in [1.82, 2.24) is 9.55 Å². The molecule has 3 aromatic rings. The van der Waals surface area contributed by atoms with Crippen molar-refractivity contribution in [2.75, 3.05) is 5.32 Å². The lowest BCUT2D eigenvalue weighted by Crippen LogP contribution is -2.97. The van der Waals surface area contributed by atoms with Crippen LogP contribution in [0.15, 0.2) is 58.1 Å². The van der Waals surface area contributed by atoms with E-state index in [-0.39, 0.29) is 10.7 Å². The van der Waals surface area contributed by atoms with E-state index in [9.17, 15) is 40.3 Å². The number of nitrogens with zero attached hydrogens (tertiary/aromatic N) is 1. The number of alkyl halides is 6. The molecule has 34 heavy (non-hydrogen) atoms. The Bertz CT molecular complexity index is 1410. The predicted octanol–water partition coefficient (Wildman–Crippen LogP) is 2.59. The van der Waals surface area contributed by atoms with Crippen LogP contribution in [0.4, 0.5) is 36.6 Å². The van der Waals surface area contributed by atoms with Gasteiger partial charge in [0.2, 0.25) is 5.82 Å². The molecule has 0 amide bonds. The maximum absolute atomic E-state index is 14.4. The third-order valence-corrected chi connectivity index (χ3v) is 5.37. The van der Waals surface area contributed by atoms with Crippen molar-refractivity contribution in [3.05, 3.63) is 91.3 Å². The Balaban J connectivity index is 2.20. The molecule has 0 saturated heterocycles. The summed E-state index contributed by atoms with van der Waals surface area (Å²) in [7, 11) is 0. The molecule has 0 saturated carbocycles. The Kier molecular flexibility index (Phi) is 5.35. The van der Waals surface area contributed by atoms with Crippen molar-refractivity contribution in [2.24, 2.45) is 0 Å². The molecular weight excluding hydrogens is 497 g/mol. The minimum Gasteiger partial charge on any atom is -0.273 e. The number of nitrogens with one attached hydrogen (secondary N) is 3. The molecule has 1 aliphatic heterocycles. The Hall–Kier alpha value is -3.61. The lowest BCUT2D eigenvalue weighted by atomic mass is 9.87.